The van der Waals surface area contributed by atoms with Crippen LogP contribution in [-0.2, 0) is 4.57 Å². The van der Waals surface area contributed by atoms with Gasteiger partial charge in [-0.3, -0.25) is 0 Å². The Hall–Kier alpha value is -5.18. The van der Waals surface area contributed by atoms with E-state index in [1.807, 2.05) is 115 Å². The molecule has 1 heterocycles. The molecule has 7 rings (SSSR count). The Bertz CT molecular complexity index is 2010. The molecule has 0 amide bonds. The number of aromatic nitrogens is 3. The zero-order valence-corrected chi connectivity index (χ0v) is 25.9. The van der Waals surface area contributed by atoms with E-state index in [1.54, 1.807) is 0 Å². The molecular weight excluding hydrogens is 569 g/mol. The van der Waals surface area contributed by atoms with Crippen molar-refractivity contribution >= 4 is 17.8 Å². The summed E-state index contributed by atoms with van der Waals surface area (Å²) >= 11 is 0. The van der Waals surface area contributed by atoms with Crippen molar-refractivity contribution in [1.82, 2.24) is 15.0 Å². The van der Waals surface area contributed by atoms with Gasteiger partial charge < -0.3 is 4.57 Å². The predicted molar refractivity (Wildman–Crippen MR) is 186 cm³/mol. The van der Waals surface area contributed by atoms with Crippen molar-refractivity contribution in [3.05, 3.63) is 163 Å². The minimum Gasteiger partial charge on any atom is -0.309 e. The molecule has 1 aliphatic carbocycles. The van der Waals surface area contributed by atoms with Crippen LogP contribution < -0.4 is 10.6 Å². The van der Waals surface area contributed by atoms with Gasteiger partial charge in [0.25, 0.3) is 0 Å². The molecule has 0 saturated heterocycles. The molecular formula is C40H32N3OP. The van der Waals surface area contributed by atoms with E-state index in [0.717, 1.165) is 50.2 Å². The second-order valence-corrected chi connectivity index (χ2v) is 14.1. The highest BCUT2D eigenvalue weighted by Gasteiger charge is 2.32. The summed E-state index contributed by atoms with van der Waals surface area (Å²) < 4.78 is 15.2. The molecule has 6 aromatic rings. The van der Waals surface area contributed by atoms with Gasteiger partial charge >= 0.3 is 0 Å². The van der Waals surface area contributed by atoms with Gasteiger partial charge in [-0.25, -0.2) is 15.0 Å². The standard InChI is InChI=1S/C40H32N3OP/c1-29-14-11-24-36(26-29)45(44,35-22-9-4-10-23-35)37-25-13-20-33(28-37)32-19-12-21-34(27-32)40-42-38(30-15-5-2-6-16-30)41-39(43-40)31-17-7-3-8-18-31/h2-13,15-29H,14H2,1H3. The number of hydrogen-bond donors (Lipinski definition) is 0. The molecule has 0 fully saturated rings. The highest BCUT2D eigenvalue weighted by molar-refractivity contribution is 7.82. The first-order valence-electron chi connectivity index (χ1n) is 15.2. The van der Waals surface area contributed by atoms with Gasteiger partial charge in [0.05, 0.1) is 0 Å². The molecule has 2 atom stereocenters. The Labute approximate surface area is 264 Å². The van der Waals surface area contributed by atoms with Gasteiger partial charge in [-0.05, 0) is 35.6 Å². The Morgan fingerprint density at radius 2 is 1.00 bits per heavy atom. The fourth-order valence-corrected chi connectivity index (χ4v) is 8.65. The Morgan fingerprint density at radius 3 is 1.60 bits per heavy atom. The van der Waals surface area contributed by atoms with E-state index in [1.165, 1.54) is 0 Å². The first-order chi connectivity index (χ1) is 22.1. The molecule has 45 heavy (non-hydrogen) atoms. The van der Waals surface area contributed by atoms with Gasteiger partial charge in [0.1, 0.15) is 0 Å². The quantitative estimate of drug-likeness (QED) is 0.171. The van der Waals surface area contributed by atoms with Crippen LogP contribution in [-0.4, -0.2) is 15.0 Å². The van der Waals surface area contributed by atoms with Gasteiger partial charge in [-0.15, -0.1) is 0 Å². The minimum atomic E-state index is -3.09. The summed E-state index contributed by atoms with van der Waals surface area (Å²) in [5.41, 5.74) is 4.73. The number of hydrogen-bond acceptors (Lipinski definition) is 4. The highest BCUT2D eigenvalue weighted by atomic mass is 31.2. The van der Waals surface area contributed by atoms with Gasteiger partial charge in [0, 0.05) is 32.6 Å². The van der Waals surface area contributed by atoms with Crippen molar-refractivity contribution in [2.75, 3.05) is 0 Å². The zero-order valence-electron chi connectivity index (χ0n) is 25.0. The van der Waals surface area contributed by atoms with Gasteiger partial charge in [0.2, 0.25) is 0 Å². The van der Waals surface area contributed by atoms with E-state index < -0.39 is 7.14 Å². The fraction of sp³-hybridized carbons (Fsp3) is 0.0750. The molecule has 0 bridgehead atoms. The molecule has 218 valence electrons. The first kappa shape index (κ1) is 28.6. The van der Waals surface area contributed by atoms with E-state index in [4.69, 9.17) is 15.0 Å². The van der Waals surface area contributed by atoms with E-state index >= 15 is 4.57 Å². The van der Waals surface area contributed by atoms with Crippen LogP contribution in [0.1, 0.15) is 13.3 Å². The smallest absolute Gasteiger partial charge is 0.170 e. The van der Waals surface area contributed by atoms with Gasteiger partial charge in [-0.1, -0.05) is 153 Å². The van der Waals surface area contributed by atoms with Crippen molar-refractivity contribution in [3.8, 4) is 45.3 Å². The molecule has 0 spiro atoms. The molecule has 0 aliphatic heterocycles. The minimum absolute atomic E-state index is 0.337. The normalized spacial score (nSPS) is 15.7. The summed E-state index contributed by atoms with van der Waals surface area (Å²) in [6.07, 6.45) is 7.33. The van der Waals surface area contributed by atoms with E-state index in [-0.39, 0.29) is 0 Å². The number of allylic oxidation sites excluding steroid dienone is 4. The largest absolute Gasteiger partial charge is 0.309 e. The van der Waals surface area contributed by atoms with Crippen molar-refractivity contribution in [1.29, 1.82) is 0 Å². The molecule has 0 radical (unpaired) electrons. The third-order valence-electron chi connectivity index (χ3n) is 8.10. The average Bonchev–Trinajstić information content (AvgIpc) is 3.12. The second-order valence-electron chi connectivity index (χ2n) is 11.3. The van der Waals surface area contributed by atoms with E-state index in [0.29, 0.717) is 23.4 Å². The van der Waals surface area contributed by atoms with Crippen LogP contribution in [0.5, 0.6) is 0 Å². The third-order valence-corrected chi connectivity index (χ3v) is 11.2. The summed E-state index contributed by atoms with van der Waals surface area (Å²) in [5.74, 6) is 2.18. The maximum absolute atomic E-state index is 15.2. The highest BCUT2D eigenvalue weighted by Crippen LogP contribution is 2.54. The number of benzene rings is 5. The van der Waals surface area contributed by atoms with Crippen LogP contribution in [0.25, 0.3) is 45.3 Å². The maximum Gasteiger partial charge on any atom is 0.170 e. The molecule has 5 aromatic carbocycles. The lowest BCUT2D eigenvalue weighted by Gasteiger charge is -2.24. The van der Waals surface area contributed by atoms with Crippen molar-refractivity contribution in [2.24, 2.45) is 5.92 Å². The molecule has 4 nitrogen and oxygen atoms in total. The molecule has 1 aliphatic rings. The molecule has 2 unspecified atom stereocenters. The maximum atomic E-state index is 15.2. The summed E-state index contributed by atoms with van der Waals surface area (Å²) in [7, 11) is -3.09. The SMILES string of the molecule is CC1C=C(P(=O)(c2ccccc2)c2cccc(-c3cccc(-c4nc(-c5ccccc5)nc(-c5ccccc5)n4)c3)c2)C=CC1. The third kappa shape index (κ3) is 5.85. The van der Waals surface area contributed by atoms with Crippen LogP contribution in [0, 0.1) is 5.92 Å². The van der Waals surface area contributed by atoms with Crippen LogP contribution in [0.3, 0.4) is 0 Å². The number of nitrogens with zero attached hydrogens (tertiary/aromatic N) is 3. The van der Waals surface area contributed by atoms with Crippen LogP contribution in [0.2, 0.25) is 0 Å². The van der Waals surface area contributed by atoms with Crippen molar-refractivity contribution < 1.29 is 4.57 Å². The first-order valence-corrected chi connectivity index (χ1v) is 16.9. The van der Waals surface area contributed by atoms with Gasteiger partial charge in [-0.2, -0.15) is 0 Å². The van der Waals surface area contributed by atoms with Crippen LogP contribution in [0.4, 0.5) is 0 Å². The Balaban J connectivity index is 1.33. The Kier molecular flexibility index (Phi) is 7.90. The number of rotatable bonds is 7. The molecule has 5 heteroatoms. The van der Waals surface area contributed by atoms with E-state index in [2.05, 4.69) is 49.4 Å². The summed E-state index contributed by atoms with van der Waals surface area (Å²) in [4.78, 5) is 14.7. The summed E-state index contributed by atoms with van der Waals surface area (Å²) in [6.45, 7) is 2.17. The zero-order chi connectivity index (χ0) is 30.6. The van der Waals surface area contributed by atoms with Crippen LogP contribution in [0.15, 0.2) is 163 Å². The molecule has 0 N–H and O–H groups in total. The fourth-order valence-electron chi connectivity index (χ4n) is 5.77. The van der Waals surface area contributed by atoms with Crippen molar-refractivity contribution in [3.63, 3.8) is 0 Å². The average molecular weight is 602 g/mol. The molecule has 1 aromatic heterocycles. The summed E-state index contributed by atoms with van der Waals surface area (Å²) in [5, 5.41) is 2.55. The monoisotopic (exact) mass is 601 g/mol. The lowest BCUT2D eigenvalue weighted by atomic mass is 10.0. The summed E-state index contributed by atoms with van der Waals surface area (Å²) in [6, 6.07) is 46.2. The van der Waals surface area contributed by atoms with Crippen LogP contribution >= 0.6 is 7.14 Å². The topological polar surface area (TPSA) is 55.7 Å². The molecule has 0 saturated carbocycles. The van der Waals surface area contributed by atoms with Crippen molar-refractivity contribution in [2.45, 2.75) is 13.3 Å². The second kappa shape index (κ2) is 12.4. The lowest BCUT2D eigenvalue weighted by molar-refractivity contribution is 0.590. The van der Waals surface area contributed by atoms with Gasteiger partial charge in [0.15, 0.2) is 24.6 Å². The van der Waals surface area contributed by atoms with E-state index in [9.17, 15) is 0 Å². The predicted octanol–water partition coefficient (Wildman–Crippen LogP) is 9.33. The lowest BCUT2D eigenvalue weighted by Crippen LogP contribution is -2.18. The Morgan fingerprint density at radius 1 is 0.533 bits per heavy atom.